The zero-order valence-corrected chi connectivity index (χ0v) is 27.0. The van der Waals surface area contributed by atoms with E-state index >= 15 is 0 Å². The van der Waals surface area contributed by atoms with Crippen LogP contribution in [0.15, 0.2) is 30.4 Å². The van der Waals surface area contributed by atoms with Crippen molar-refractivity contribution < 1.29 is 22.0 Å². The first-order chi connectivity index (χ1) is 20.1. The molecule has 11 heteroatoms. The third-order valence-corrected chi connectivity index (χ3v) is 11.7. The molecule has 0 N–H and O–H groups in total. The maximum Gasteiger partial charge on any atom is 0.246 e. The fraction of sp³-hybridized carbons (Fsp3) is 0.710. The van der Waals surface area contributed by atoms with Crippen LogP contribution < -0.4 is 0 Å². The summed E-state index contributed by atoms with van der Waals surface area (Å²) in [5, 5.41) is 0. The summed E-state index contributed by atoms with van der Waals surface area (Å²) in [6.45, 7) is 8.31. The van der Waals surface area contributed by atoms with E-state index in [0.717, 1.165) is 70.9 Å². The normalized spacial score (nSPS) is 22.1. The summed E-state index contributed by atoms with van der Waals surface area (Å²) in [6.07, 6.45) is 13.4. The Hall–Kier alpha value is -1.53. The SMILES string of the molecule is CCN(C(=O)/C=C/C1CCN(SC)CC1)C1CCN(CCC(c2cc(F)cc(F)c2)C2CCN(S(C)(=O)=O)CC2)CC1. The molecule has 42 heavy (non-hydrogen) atoms. The average molecular weight is 627 g/mol. The Balaban J connectivity index is 1.31. The van der Waals surface area contributed by atoms with E-state index in [-0.39, 0.29) is 23.8 Å². The summed E-state index contributed by atoms with van der Waals surface area (Å²) >= 11 is 1.79. The topological polar surface area (TPSA) is 64.2 Å². The summed E-state index contributed by atoms with van der Waals surface area (Å²) < 4.78 is 56.3. The smallest absolute Gasteiger partial charge is 0.246 e. The van der Waals surface area contributed by atoms with Gasteiger partial charge in [-0.2, -0.15) is 0 Å². The lowest BCUT2D eigenvalue weighted by Crippen LogP contribution is -2.47. The van der Waals surface area contributed by atoms with Crippen LogP contribution >= 0.6 is 11.9 Å². The molecule has 0 aliphatic carbocycles. The fourth-order valence-corrected chi connectivity index (χ4v) is 8.46. The van der Waals surface area contributed by atoms with Crippen molar-refractivity contribution in [1.29, 1.82) is 0 Å². The van der Waals surface area contributed by atoms with Gasteiger partial charge in [0.05, 0.1) is 6.26 Å². The lowest BCUT2D eigenvalue weighted by Gasteiger charge is -2.39. The summed E-state index contributed by atoms with van der Waals surface area (Å²) in [4.78, 5) is 17.5. The molecule has 0 radical (unpaired) electrons. The number of piperidine rings is 3. The number of hydrogen-bond acceptors (Lipinski definition) is 6. The van der Waals surface area contributed by atoms with E-state index in [1.54, 1.807) is 18.0 Å². The molecule has 1 atom stereocenters. The van der Waals surface area contributed by atoms with E-state index in [0.29, 0.717) is 44.0 Å². The van der Waals surface area contributed by atoms with Crippen LogP contribution in [0.3, 0.4) is 0 Å². The maximum absolute atomic E-state index is 14.2. The summed E-state index contributed by atoms with van der Waals surface area (Å²) in [6, 6.07) is 4.00. The molecular formula is C31H48F2N4O3S2. The quantitative estimate of drug-likeness (QED) is 0.256. The van der Waals surface area contributed by atoms with Gasteiger partial charge >= 0.3 is 0 Å². The number of amides is 1. The van der Waals surface area contributed by atoms with Crippen LogP contribution in [0.2, 0.25) is 0 Å². The molecular weight excluding hydrogens is 578 g/mol. The van der Waals surface area contributed by atoms with Crippen molar-refractivity contribution in [2.45, 2.75) is 63.8 Å². The molecule has 0 bridgehead atoms. The van der Waals surface area contributed by atoms with E-state index in [2.05, 4.69) is 21.5 Å². The lowest BCUT2D eigenvalue weighted by molar-refractivity contribution is -0.129. The molecule has 236 valence electrons. The Morgan fingerprint density at radius 2 is 1.62 bits per heavy atom. The van der Waals surface area contributed by atoms with Crippen LogP contribution in [0, 0.1) is 23.5 Å². The van der Waals surface area contributed by atoms with E-state index in [1.807, 2.05) is 11.8 Å². The number of hydrogen-bond donors (Lipinski definition) is 0. The molecule has 3 aliphatic rings. The number of likely N-dealkylation sites (tertiary alicyclic amines) is 1. The number of sulfonamides is 1. The van der Waals surface area contributed by atoms with Crippen molar-refractivity contribution in [3.8, 4) is 0 Å². The van der Waals surface area contributed by atoms with Crippen molar-refractivity contribution in [2.75, 3.05) is 64.9 Å². The van der Waals surface area contributed by atoms with Gasteiger partial charge in [0.2, 0.25) is 15.9 Å². The van der Waals surface area contributed by atoms with E-state index in [1.165, 1.54) is 22.7 Å². The Morgan fingerprint density at radius 3 is 2.17 bits per heavy atom. The van der Waals surface area contributed by atoms with Crippen LogP contribution in [-0.4, -0.2) is 104 Å². The highest BCUT2D eigenvalue weighted by Gasteiger charge is 2.32. The number of allylic oxidation sites excluding steroid dienone is 1. The Bertz CT molecular complexity index is 1140. The third kappa shape index (κ3) is 9.24. The van der Waals surface area contributed by atoms with Crippen molar-refractivity contribution in [1.82, 2.24) is 18.4 Å². The van der Waals surface area contributed by atoms with Gasteiger partial charge in [-0.25, -0.2) is 21.5 Å². The first kappa shape index (κ1) is 33.4. The fourth-order valence-electron chi connectivity index (χ4n) is 7.01. The number of rotatable bonds is 11. The van der Waals surface area contributed by atoms with Gasteiger partial charge < -0.3 is 9.80 Å². The number of carbonyl (C=O) groups excluding carboxylic acids is 1. The molecule has 3 heterocycles. The van der Waals surface area contributed by atoms with Gasteiger partial charge in [0, 0.05) is 57.9 Å². The maximum atomic E-state index is 14.2. The second kappa shape index (κ2) is 15.5. The molecule has 1 aromatic carbocycles. The highest BCUT2D eigenvalue weighted by molar-refractivity contribution is 7.96. The predicted octanol–water partition coefficient (Wildman–Crippen LogP) is 4.97. The molecule has 3 aliphatic heterocycles. The zero-order valence-electron chi connectivity index (χ0n) is 25.4. The van der Waals surface area contributed by atoms with Crippen LogP contribution in [0.25, 0.3) is 0 Å². The largest absolute Gasteiger partial charge is 0.336 e. The van der Waals surface area contributed by atoms with Crippen LogP contribution in [0.1, 0.15) is 63.4 Å². The first-order valence-electron chi connectivity index (χ1n) is 15.5. The summed E-state index contributed by atoms with van der Waals surface area (Å²) in [7, 11) is -3.25. The lowest BCUT2D eigenvalue weighted by atomic mass is 9.78. The Labute approximate surface area is 255 Å². The monoisotopic (exact) mass is 626 g/mol. The van der Waals surface area contributed by atoms with Gasteiger partial charge in [0.25, 0.3) is 0 Å². The van der Waals surface area contributed by atoms with Crippen LogP contribution in [-0.2, 0) is 14.8 Å². The van der Waals surface area contributed by atoms with E-state index < -0.39 is 21.7 Å². The molecule has 0 spiro atoms. The van der Waals surface area contributed by atoms with Crippen LogP contribution in [0.5, 0.6) is 0 Å². The average Bonchev–Trinajstić information content (AvgIpc) is 2.97. The molecule has 0 saturated carbocycles. The number of halogens is 2. The number of nitrogens with zero attached hydrogens (tertiary/aromatic N) is 4. The van der Waals surface area contributed by atoms with Crippen molar-refractivity contribution in [3.05, 3.63) is 47.5 Å². The second-order valence-electron chi connectivity index (χ2n) is 12.1. The predicted molar refractivity (Wildman–Crippen MR) is 167 cm³/mol. The molecule has 7 nitrogen and oxygen atoms in total. The molecule has 0 aromatic heterocycles. The third-order valence-electron chi connectivity index (χ3n) is 9.50. The Morgan fingerprint density at radius 1 is 1.00 bits per heavy atom. The van der Waals surface area contributed by atoms with Crippen molar-refractivity contribution >= 4 is 27.9 Å². The highest BCUT2D eigenvalue weighted by atomic mass is 32.2. The van der Waals surface area contributed by atoms with Crippen molar-refractivity contribution in [3.63, 3.8) is 0 Å². The molecule has 1 aromatic rings. The van der Waals surface area contributed by atoms with E-state index in [9.17, 15) is 22.0 Å². The summed E-state index contributed by atoms with van der Waals surface area (Å²) in [5.41, 5.74) is 0.661. The minimum Gasteiger partial charge on any atom is -0.336 e. The molecule has 4 rings (SSSR count). The van der Waals surface area contributed by atoms with Gasteiger partial charge in [0.1, 0.15) is 11.6 Å². The van der Waals surface area contributed by atoms with Gasteiger partial charge in [-0.3, -0.25) is 9.10 Å². The molecule has 1 unspecified atom stereocenters. The Kier molecular flexibility index (Phi) is 12.3. The standard InChI is InChI=1S/C31H48F2N4O3S2/c1-4-37(31(38)6-5-24-7-17-35(41-2)18-8-24)29-11-14-34(15-12-29)16-13-30(26-21-27(32)23-28(33)22-26)25-9-19-36(20-10-25)42(3,39)40/h5-6,21-25,29-30H,4,7-20H2,1-3H3/b6-5+. The minimum atomic E-state index is -3.25. The highest BCUT2D eigenvalue weighted by Crippen LogP contribution is 2.37. The van der Waals surface area contributed by atoms with Gasteiger partial charge in [-0.15, -0.1) is 0 Å². The minimum absolute atomic E-state index is 0.0451. The summed E-state index contributed by atoms with van der Waals surface area (Å²) in [5.74, 6) is -0.458. The van der Waals surface area contributed by atoms with Gasteiger partial charge in [0.15, 0.2) is 0 Å². The molecule has 3 fully saturated rings. The molecule has 1 amide bonds. The van der Waals surface area contributed by atoms with Gasteiger partial charge in [-0.05, 0) is 106 Å². The van der Waals surface area contributed by atoms with Gasteiger partial charge in [-0.1, -0.05) is 18.0 Å². The number of likely N-dealkylation sites (N-methyl/N-ethyl adjacent to an activating group) is 1. The van der Waals surface area contributed by atoms with E-state index in [4.69, 9.17) is 0 Å². The number of benzene rings is 1. The second-order valence-corrected chi connectivity index (χ2v) is 15.0. The number of carbonyl (C=O) groups is 1. The van der Waals surface area contributed by atoms with Crippen LogP contribution in [0.4, 0.5) is 8.78 Å². The first-order valence-corrected chi connectivity index (χ1v) is 18.5. The molecule has 3 saturated heterocycles. The van der Waals surface area contributed by atoms with Crippen molar-refractivity contribution in [2.24, 2.45) is 11.8 Å². The zero-order chi connectivity index (χ0) is 30.3.